The van der Waals surface area contributed by atoms with E-state index in [-0.39, 0.29) is 29.5 Å². The number of rotatable bonds is 9. The molecule has 0 atom stereocenters. The average Bonchev–Trinajstić information content (AvgIpc) is 2.81. The van der Waals surface area contributed by atoms with Crippen LogP contribution in [0, 0.1) is 0 Å². The highest BCUT2D eigenvalue weighted by atomic mass is 32.2. The van der Waals surface area contributed by atoms with Gasteiger partial charge < -0.3 is 19.1 Å². The second-order valence-corrected chi connectivity index (χ2v) is 8.91. The summed E-state index contributed by atoms with van der Waals surface area (Å²) in [5.41, 5.74) is 0.250. The molecule has 3 rings (SSSR count). The number of amides is 1. The van der Waals surface area contributed by atoms with Gasteiger partial charge in [-0.05, 0) is 49.6 Å². The largest absolute Gasteiger partial charge is 0.497 e. The van der Waals surface area contributed by atoms with E-state index in [1.54, 1.807) is 36.3 Å². The fraction of sp³-hybridized carbons (Fsp3) is 0.409. The number of nitrogens with zero attached hydrogens (tertiary/aromatic N) is 1. The Labute approximate surface area is 183 Å². The molecule has 1 amide bonds. The maximum absolute atomic E-state index is 12.9. The molecule has 0 spiro atoms. The highest BCUT2D eigenvalue weighted by molar-refractivity contribution is 7.89. The lowest BCUT2D eigenvalue weighted by Gasteiger charge is -2.27. The molecule has 1 aliphatic rings. The molecule has 0 bridgehead atoms. The molecule has 0 aliphatic carbocycles. The highest BCUT2D eigenvalue weighted by Gasteiger charge is 2.24. The van der Waals surface area contributed by atoms with Gasteiger partial charge in [-0.2, -0.15) is 0 Å². The van der Waals surface area contributed by atoms with Gasteiger partial charge in [0.15, 0.2) is 0 Å². The molecule has 0 aromatic heterocycles. The molecule has 2 aromatic carbocycles. The Kier molecular flexibility index (Phi) is 7.75. The number of nitrogens with one attached hydrogen (secondary N) is 1. The Morgan fingerprint density at radius 3 is 2.45 bits per heavy atom. The molecule has 1 heterocycles. The van der Waals surface area contributed by atoms with Gasteiger partial charge in [0, 0.05) is 25.7 Å². The number of hydrogen-bond donors (Lipinski definition) is 1. The molecule has 168 valence electrons. The van der Waals surface area contributed by atoms with E-state index >= 15 is 0 Å². The number of benzene rings is 2. The van der Waals surface area contributed by atoms with Crippen molar-refractivity contribution in [2.24, 2.45) is 0 Å². The van der Waals surface area contributed by atoms with Gasteiger partial charge in [-0.1, -0.05) is 6.07 Å². The van der Waals surface area contributed by atoms with E-state index in [4.69, 9.17) is 14.2 Å². The number of ether oxygens (including phenoxy) is 3. The van der Waals surface area contributed by atoms with Gasteiger partial charge >= 0.3 is 0 Å². The zero-order valence-corrected chi connectivity index (χ0v) is 18.6. The standard InChI is InChI=1S/C22H28N2O6S/c1-28-17-7-6-8-18(15-17)30-14-11-23-31(26,27)19-9-10-21(29-2)20(16-19)22(25)24-12-4-3-5-13-24/h6-10,15-16,23H,3-5,11-14H2,1-2H3. The van der Waals surface area contributed by atoms with Crippen LogP contribution in [-0.4, -0.2) is 59.7 Å². The van der Waals surface area contributed by atoms with Crippen LogP contribution in [-0.2, 0) is 10.0 Å². The van der Waals surface area contributed by atoms with Gasteiger partial charge in [0.2, 0.25) is 10.0 Å². The summed E-state index contributed by atoms with van der Waals surface area (Å²) in [6.45, 7) is 1.54. The monoisotopic (exact) mass is 448 g/mol. The topological polar surface area (TPSA) is 94.2 Å². The van der Waals surface area contributed by atoms with E-state index in [1.807, 2.05) is 0 Å². The SMILES string of the molecule is COc1cccc(OCCNS(=O)(=O)c2ccc(OC)c(C(=O)N3CCCCC3)c2)c1. The fourth-order valence-electron chi connectivity index (χ4n) is 3.41. The van der Waals surface area contributed by atoms with Crippen LogP contribution in [0.25, 0.3) is 0 Å². The van der Waals surface area contributed by atoms with Gasteiger partial charge in [-0.15, -0.1) is 0 Å². The van der Waals surface area contributed by atoms with Crippen molar-refractivity contribution in [1.82, 2.24) is 9.62 Å². The van der Waals surface area contributed by atoms with Gasteiger partial charge in [-0.3, -0.25) is 4.79 Å². The third-order valence-electron chi connectivity index (χ3n) is 5.06. The van der Waals surface area contributed by atoms with Gasteiger partial charge in [0.25, 0.3) is 5.91 Å². The van der Waals surface area contributed by atoms with Crippen LogP contribution in [0.5, 0.6) is 17.2 Å². The second-order valence-electron chi connectivity index (χ2n) is 7.14. The maximum Gasteiger partial charge on any atom is 0.257 e. The van der Waals surface area contributed by atoms with Gasteiger partial charge in [0.05, 0.1) is 24.7 Å². The number of likely N-dealkylation sites (tertiary alicyclic amines) is 1. The van der Waals surface area contributed by atoms with E-state index < -0.39 is 10.0 Å². The summed E-state index contributed by atoms with van der Waals surface area (Å²) in [5.74, 6) is 1.38. The Bertz CT molecular complexity index is 1000. The quantitative estimate of drug-likeness (QED) is 0.593. The van der Waals surface area contributed by atoms with Crippen molar-refractivity contribution in [3.63, 3.8) is 0 Å². The van der Waals surface area contributed by atoms with E-state index in [0.717, 1.165) is 19.3 Å². The first-order valence-electron chi connectivity index (χ1n) is 10.2. The summed E-state index contributed by atoms with van der Waals surface area (Å²) in [7, 11) is -0.795. The van der Waals surface area contributed by atoms with E-state index in [1.165, 1.54) is 25.3 Å². The Hall–Kier alpha value is -2.78. The fourth-order valence-corrected chi connectivity index (χ4v) is 4.45. The molecule has 1 fully saturated rings. The first kappa shape index (κ1) is 22.9. The highest BCUT2D eigenvalue weighted by Crippen LogP contribution is 2.25. The van der Waals surface area contributed by atoms with E-state index in [9.17, 15) is 13.2 Å². The number of piperidine rings is 1. The van der Waals surface area contributed by atoms with Crippen molar-refractivity contribution >= 4 is 15.9 Å². The third-order valence-corrected chi connectivity index (χ3v) is 6.52. The molecule has 0 saturated carbocycles. The minimum atomic E-state index is -3.82. The van der Waals surface area contributed by atoms with Crippen LogP contribution < -0.4 is 18.9 Å². The Morgan fingerprint density at radius 2 is 1.74 bits per heavy atom. The molecule has 8 nitrogen and oxygen atoms in total. The number of hydrogen-bond acceptors (Lipinski definition) is 6. The number of carbonyl (C=O) groups is 1. The predicted octanol–water partition coefficient (Wildman–Crippen LogP) is 2.69. The molecule has 1 saturated heterocycles. The maximum atomic E-state index is 12.9. The molecule has 1 aliphatic heterocycles. The van der Waals surface area contributed by atoms with E-state index in [2.05, 4.69) is 4.72 Å². The molecule has 0 unspecified atom stereocenters. The summed E-state index contributed by atoms with van der Waals surface area (Å²) in [5, 5.41) is 0. The lowest BCUT2D eigenvalue weighted by molar-refractivity contribution is 0.0720. The smallest absolute Gasteiger partial charge is 0.257 e. The predicted molar refractivity (Wildman–Crippen MR) is 116 cm³/mol. The zero-order chi connectivity index (χ0) is 22.3. The second kappa shape index (κ2) is 10.5. The summed E-state index contributed by atoms with van der Waals surface area (Å²) in [6, 6.07) is 11.4. The number of methoxy groups -OCH3 is 2. The lowest BCUT2D eigenvalue weighted by atomic mass is 10.1. The summed E-state index contributed by atoms with van der Waals surface area (Å²) in [6.07, 6.45) is 2.98. The van der Waals surface area contributed by atoms with Crippen molar-refractivity contribution in [1.29, 1.82) is 0 Å². The van der Waals surface area contributed by atoms with Crippen molar-refractivity contribution in [3.05, 3.63) is 48.0 Å². The molecule has 31 heavy (non-hydrogen) atoms. The summed E-state index contributed by atoms with van der Waals surface area (Å²) in [4.78, 5) is 14.7. The molecular formula is C22H28N2O6S. The van der Waals surface area contributed by atoms with Crippen LogP contribution in [0.2, 0.25) is 0 Å². The molecule has 0 radical (unpaired) electrons. The van der Waals surface area contributed by atoms with Crippen LogP contribution in [0.1, 0.15) is 29.6 Å². The lowest BCUT2D eigenvalue weighted by Crippen LogP contribution is -2.36. The molecule has 2 aromatic rings. The number of carbonyl (C=O) groups excluding carboxylic acids is 1. The van der Waals surface area contributed by atoms with E-state index in [0.29, 0.717) is 30.3 Å². The average molecular weight is 449 g/mol. The van der Waals surface area contributed by atoms with Gasteiger partial charge in [-0.25, -0.2) is 13.1 Å². The molecular weight excluding hydrogens is 420 g/mol. The van der Waals surface area contributed by atoms with Crippen molar-refractivity contribution in [2.75, 3.05) is 40.5 Å². The molecule has 9 heteroatoms. The minimum Gasteiger partial charge on any atom is -0.497 e. The Balaban J connectivity index is 1.66. The van der Waals surface area contributed by atoms with Crippen molar-refractivity contribution in [3.8, 4) is 17.2 Å². The van der Waals surface area contributed by atoms with Crippen molar-refractivity contribution in [2.45, 2.75) is 24.2 Å². The first-order valence-corrected chi connectivity index (χ1v) is 11.7. The van der Waals surface area contributed by atoms with Crippen molar-refractivity contribution < 1.29 is 27.4 Å². The normalized spacial score (nSPS) is 14.2. The zero-order valence-electron chi connectivity index (χ0n) is 17.8. The van der Waals surface area contributed by atoms with Gasteiger partial charge in [0.1, 0.15) is 23.9 Å². The van der Waals surface area contributed by atoms with Crippen LogP contribution >= 0.6 is 0 Å². The summed E-state index contributed by atoms with van der Waals surface area (Å²) < 4.78 is 44.0. The molecule has 1 N–H and O–H groups in total. The summed E-state index contributed by atoms with van der Waals surface area (Å²) >= 11 is 0. The van der Waals surface area contributed by atoms with Crippen LogP contribution in [0.15, 0.2) is 47.4 Å². The van der Waals surface area contributed by atoms with Crippen LogP contribution in [0.3, 0.4) is 0 Å². The minimum absolute atomic E-state index is 0.00930. The number of sulfonamides is 1. The third kappa shape index (κ3) is 5.89. The van der Waals surface area contributed by atoms with Crippen LogP contribution in [0.4, 0.5) is 0 Å². The Morgan fingerprint density at radius 1 is 1.00 bits per heavy atom. The first-order chi connectivity index (χ1) is 14.9.